The quantitative estimate of drug-likeness (QED) is 0.719. The monoisotopic (exact) mass is 236 g/mol. The number of fused-ring (bicyclic) bond motifs is 1. The van der Waals surface area contributed by atoms with E-state index in [4.69, 9.17) is 0 Å². The van der Waals surface area contributed by atoms with E-state index >= 15 is 0 Å². The maximum atomic E-state index is 4.68. The van der Waals surface area contributed by atoms with Crippen LogP contribution in [0, 0.1) is 0 Å². The Labute approximate surface area is 107 Å². The molecule has 2 heteroatoms. The third-order valence-corrected chi connectivity index (χ3v) is 3.15. The Balaban J connectivity index is 2.01. The molecule has 2 heterocycles. The van der Waals surface area contributed by atoms with Crippen molar-refractivity contribution in [3.05, 3.63) is 59.7 Å². The molecule has 0 bridgehead atoms. The van der Waals surface area contributed by atoms with Crippen molar-refractivity contribution in [3.8, 4) is 0 Å². The van der Waals surface area contributed by atoms with Crippen molar-refractivity contribution in [2.24, 2.45) is 0 Å². The number of hydrogen-bond acceptors (Lipinski definition) is 1. The predicted molar refractivity (Wildman–Crippen MR) is 76.7 cm³/mol. The highest BCUT2D eigenvalue weighted by Crippen LogP contribution is 2.21. The van der Waals surface area contributed by atoms with Crippen molar-refractivity contribution in [2.45, 2.75) is 19.8 Å². The van der Waals surface area contributed by atoms with Crippen LogP contribution in [0.2, 0.25) is 0 Å². The lowest BCUT2D eigenvalue weighted by Gasteiger charge is -1.93. The first-order valence-corrected chi connectivity index (χ1v) is 6.29. The molecule has 3 rings (SSSR count). The van der Waals surface area contributed by atoms with Gasteiger partial charge in [-0.2, -0.15) is 0 Å². The van der Waals surface area contributed by atoms with Gasteiger partial charge in [-0.25, -0.2) is 4.98 Å². The molecule has 0 amide bonds. The Morgan fingerprint density at radius 3 is 3.00 bits per heavy atom. The van der Waals surface area contributed by atoms with Crippen molar-refractivity contribution in [3.63, 3.8) is 0 Å². The van der Waals surface area contributed by atoms with Crippen molar-refractivity contribution in [2.75, 3.05) is 0 Å². The molecule has 0 saturated carbocycles. The van der Waals surface area contributed by atoms with Gasteiger partial charge in [0, 0.05) is 18.0 Å². The summed E-state index contributed by atoms with van der Waals surface area (Å²) >= 11 is 0. The number of nitrogens with zero attached hydrogens (tertiary/aromatic N) is 2. The molecule has 1 aliphatic heterocycles. The third kappa shape index (κ3) is 2.14. The zero-order valence-corrected chi connectivity index (χ0v) is 10.5. The van der Waals surface area contributed by atoms with E-state index in [2.05, 4.69) is 71.4 Å². The molecule has 0 aromatic carbocycles. The van der Waals surface area contributed by atoms with Crippen LogP contribution in [0.4, 0.5) is 0 Å². The highest BCUT2D eigenvalue weighted by molar-refractivity contribution is 5.74. The standard InChI is InChI=1S/C16H16N2/c1-13-6-5-7-14(10-9-13)15-12-18-11-4-2-3-8-16(18)17-15/h3-5,7-12H,2,6H2,1H3. The first-order chi connectivity index (χ1) is 8.83. The smallest absolute Gasteiger partial charge is 0.137 e. The minimum Gasteiger partial charge on any atom is -0.307 e. The maximum Gasteiger partial charge on any atom is 0.137 e. The molecule has 0 unspecified atom stereocenters. The summed E-state index contributed by atoms with van der Waals surface area (Å²) in [7, 11) is 0. The Morgan fingerprint density at radius 1 is 1.11 bits per heavy atom. The van der Waals surface area contributed by atoms with E-state index in [1.165, 1.54) is 11.1 Å². The van der Waals surface area contributed by atoms with E-state index in [1.54, 1.807) is 0 Å². The molecular weight excluding hydrogens is 220 g/mol. The Kier molecular flexibility index (Phi) is 2.85. The van der Waals surface area contributed by atoms with Crippen LogP contribution in [0.25, 0.3) is 17.8 Å². The molecule has 1 aromatic heterocycles. The second kappa shape index (κ2) is 4.65. The van der Waals surface area contributed by atoms with Gasteiger partial charge in [-0.15, -0.1) is 0 Å². The second-order valence-electron chi connectivity index (χ2n) is 4.66. The molecule has 0 fully saturated rings. The average molecular weight is 236 g/mol. The van der Waals surface area contributed by atoms with E-state index in [0.717, 1.165) is 24.4 Å². The molecular formula is C16H16N2. The molecule has 18 heavy (non-hydrogen) atoms. The molecule has 0 spiro atoms. The zero-order valence-electron chi connectivity index (χ0n) is 10.5. The Morgan fingerprint density at radius 2 is 2.06 bits per heavy atom. The summed E-state index contributed by atoms with van der Waals surface area (Å²) in [6.07, 6.45) is 21.2. The molecule has 0 saturated heterocycles. The van der Waals surface area contributed by atoms with Crippen LogP contribution in [0.15, 0.2) is 48.2 Å². The summed E-state index contributed by atoms with van der Waals surface area (Å²) in [6, 6.07) is 0. The van der Waals surface area contributed by atoms with Gasteiger partial charge in [0.2, 0.25) is 0 Å². The zero-order chi connectivity index (χ0) is 12.4. The number of hydrogen-bond donors (Lipinski definition) is 0. The average Bonchev–Trinajstić information content (AvgIpc) is 2.55. The van der Waals surface area contributed by atoms with Gasteiger partial charge in [0.15, 0.2) is 0 Å². The number of allylic oxidation sites excluding steroid dienone is 8. The molecule has 2 aliphatic rings. The van der Waals surface area contributed by atoms with E-state index in [9.17, 15) is 0 Å². The Hall–Kier alpha value is -2.09. The van der Waals surface area contributed by atoms with Crippen molar-refractivity contribution < 1.29 is 0 Å². The van der Waals surface area contributed by atoms with Gasteiger partial charge >= 0.3 is 0 Å². The van der Waals surface area contributed by atoms with E-state index < -0.39 is 0 Å². The maximum absolute atomic E-state index is 4.68. The van der Waals surface area contributed by atoms with Crippen molar-refractivity contribution >= 4 is 17.8 Å². The lowest BCUT2D eigenvalue weighted by molar-refractivity contribution is 1.11. The summed E-state index contributed by atoms with van der Waals surface area (Å²) in [6.45, 7) is 2.15. The van der Waals surface area contributed by atoms with Crippen molar-refractivity contribution in [1.29, 1.82) is 0 Å². The number of imidazole rings is 1. The highest BCUT2D eigenvalue weighted by atomic mass is 15.1. The summed E-state index contributed by atoms with van der Waals surface area (Å²) < 4.78 is 2.08. The predicted octanol–water partition coefficient (Wildman–Crippen LogP) is 4.06. The normalized spacial score (nSPS) is 17.8. The van der Waals surface area contributed by atoms with Gasteiger partial charge in [-0.05, 0) is 25.8 Å². The first kappa shape index (κ1) is 11.0. The van der Waals surface area contributed by atoms with Gasteiger partial charge in [0.05, 0.1) is 5.69 Å². The van der Waals surface area contributed by atoms with Gasteiger partial charge < -0.3 is 4.57 Å². The fourth-order valence-electron chi connectivity index (χ4n) is 2.11. The largest absolute Gasteiger partial charge is 0.307 e. The summed E-state index contributed by atoms with van der Waals surface area (Å²) in [5.41, 5.74) is 3.58. The third-order valence-electron chi connectivity index (χ3n) is 3.15. The molecule has 1 aliphatic carbocycles. The lowest BCUT2D eigenvalue weighted by Crippen LogP contribution is -1.85. The summed E-state index contributed by atoms with van der Waals surface area (Å²) in [5, 5.41) is 0. The van der Waals surface area contributed by atoms with Gasteiger partial charge in [0.25, 0.3) is 0 Å². The summed E-state index contributed by atoms with van der Waals surface area (Å²) in [5.74, 6) is 0.998. The van der Waals surface area contributed by atoms with Crippen molar-refractivity contribution in [1.82, 2.24) is 9.55 Å². The van der Waals surface area contributed by atoms with Crippen LogP contribution < -0.4 is 0 Å². The second-order valence-corrected chi connectivity index (χ2v) is 4.66. The van der Waals surface area contributed by atoms with Crippen LogP contribution >= 0.6 is 0 Å². The van der Waals surface area contributed by atoms with Crippen LogP contribution in [-0.2, 0) is 0 Å². The van der Waals surface area contributed by atoms with Gasteiger partial charge in [-0.3, -0.25) is 0 Å². The van der Waals surface area contributed by atoms with E-state index in [-0.39, 0.29) is 0 Å². The molecule has 0 N–H and O–H groups in total. The molecule has 1 aromatic rings. The minimum atomic E-state index is 0.975. The molecule has 0 radical (unpaired) electrons. The summed E-state index contributed by atoms with van der Waals surface area (Å²) in [4.78, 5) is 4.68. The highest BCUT2D eigenvalue weighted by Gasteiger charge is 2.08. The topological polar surface area (TPSA) is 17.8 Å². The number of aromatic nitrogens is 2. The fourth-order valence-corrected chi connectivity index (χ4v) is 2.11. The first-order valence-electron chi connectivity index (χ1n) is 6.29. The van der Waals surface area contributed by atoms with Crippen LogP contribution in [-0.4, -0.2) is 9.55 Å². The van der Waals surface area contributed by atoms with Gasteiger partial charge in [0.1, 0.15) is 5.82 Å². The van der Waals surface area contributed by atoms with Gasteiger partial charge in [-0.1, -0.05) is 42.0 Å². The van der Waals surface area contributed by atoms with Crippen LogP contribution in [0.3, 0.4) is 0 Å². The molecule has 2 nitrogen and oxygen atoms in total. The molecule has 0 atom stereocenters. The molecule has 90 valence electrons. The van der Waals surface area contributed by atoms with E-state index in [0.29, 0.717) is 0 Å². The van der Waals surface area contributed by atoms with E-state index in [1.807, 2.05) is 0 Å². The SMILES string of the molecule is CC1=CC=C(c2cn3c(n2)C=CCC=C3)C=CC1. The lowest BCUT2D eigenvalue weighted by atomic mass is 10.2. The fraction of sp³-hybridized carbons (Fsp3) is 0.188. The van der Waals surface area contributed by atoms with Crippen LogP contribution in [0.1, 0.15) is 31.3 Å². The number of rotatable bonds is 1. The minimum absolute atomic E-state index is 0.975. The Bertz CT molecular complexity index is 578. The van der Waals surface area contributed by atoms with Crippen LogP contribution in [0.5, 0.6) is 0 Å².